The van der Waals surface area contributed by atoms with Gasteiger partial charge in [0.25, 0.3) is 0 Å². The van der Waals surface area contributed by atoms with Gasteiger partial charge in [0.05, 0.1) is 19.3 Å². The maximum Gasteiger partial charge on any atom is 0.317 e. The number of rotatable bonds is 6. The number of halogens is 1. The Balaban J connectivity index is 1.81. The van der Waals surface area contributed by atoms with Crippen molar-refractivity contribution in [2.75, 3.05) is 38.2 Å². The van der Waals surface area contributed by atoms with Crippen molar-refractivity contribution in [3.05, 3.63) is 47.5 Å². The van der Waals surface area contributed by atoms with Crippen LogP contribution in [0, 0.1) is 0 Å². The number of piperazine rings is 1. The minimum Gasteiger partial charge on any atom is -0.497 e. The Morgan fingerprint density at radius 1 is 1.30 bits per heavy atom. The van der Waals surface area contributed by atoms with Crippen LogP contribution >= 0.6 is 23.4 Å². The van der Waals surface area contributed by atoms with Gasteiger partial charge in [-0.25, -0.2) is 0 Å². The summed E-state index contributed by atoms with van der Waals surface area (Å²) in [5.41, 5.74) is 1.08. The fraction of sp³-hybridized carbons (Fsp3) is 0.350. The number of aliphatic carboxylic acids is 1. The van der Waals surface area contributed by atoms with Gasteiger partial charge in [-0.1, -0.05) is 29.4 Å². The Kier molecular flexibility index (Phi) is 6.52. The Morgan fingerprint density at radius 2 is 2.11 bits per heavy atom. The molecule has 1 aliphatic heterocycles. The lowest BCUT2D eigenvalue weighted by Gasteiger charge is -2.40. The minimum absolute atomic E-state index is 0.0793. The first-order valence-corrected chi connectivity index (χ1v) is 9.98. The molecule has 0 aromatic heterocycles. The zero-order valence-electron chi connectivity index (χ0n) is 15.4. The van der Waals surface area contributed by atoms with Gasteiger partial charge in [-0.15, -0.1) is 0 Å². The molecule has 0 aliphatic carbocycles. The van der Waals surface area contributed by atoms with Gasteiger partial charge in [0.2, 0.25) is 0 Å². The van der Waals surface area contributed by atoms with E-state index in [1.54, 1.807) is 18.9 Å². The summed E-state index contributed by atoms with van der Waals surface area (Å²) in [6.45, 7) is 4.39. The summed E-state index contributed by atoms with van der Waals surface area (Å²) in [6.07, 6.45) is 0. The topological polar surface area (TPSA) is 53.0 Å². The van der Waals surface area contributed by atoms with Crippen LogP contribution in [0.25, 0.3) is 0 Å². The number of methoxy groups -OCH3 is 1. The predicted octanol–water partition coefficient (Wildman–Crippen LogP) is 4.09. The maximum atomic E-state index is 11.0. The van der Waals surface area contributed by atoms with Crippen LogP contribution in [0.5, 0.6) is 5.75 Å². The summed E-state index contributed by atoms with van der Waals surface area (Å²) in [4.78, 5) is 17.5. The quantitative estimate of drug-likeness (QED) is 0.779. The molecule has 7 heteroatoms. The van der Waals surface area contributed by atoms with Gasteiger partial charge in [-0.2, -0.15) is 0 Å². The van der Waals surface area contributed by atoms with Gasteiger partial charge in [0.1, 0.15) is 5.75 Å². The zero-order chi connectivity index (χ0) is 19.4. The lowest BCUT2D eigenvalue weighted by Crippen LogP contribution is -2.53. The molecular formula is C20H23ClN2O3S. The number of hydrogen-bond acceptors (Lipinski definition) is 5. The summed E-state index contributed by atoms with van der Waals surface area (Å²) < 4.78 is 5.32. The summed E-state index contributed by atoms with van der Waals surface area (Å²) in [5.74, 6) is 0.0405. The smallest absolute Gasteiger partial charge is 0.317 e. The molecule has 1 saturated heterocycles. The molecule has 2 aromatic rings. The Hall–Kier alpha value is -1.89. The van der Waals surface area contributed by atoms with Crippen molar-refractivity contribution in [3.63, 3.8) is 0 Å². The molecule has 0 spiro atoms. The van der Waals surface area contributed by atoms with Crippen LogP contribution in [0.1, 0.15) is 6.92 Å². The lowest BCUT2D eigenvalue weighted by molar-refractivity contribution is -0.138. The van der Waals surface area contributed by atoms with Gasteiger partial charge in [0, 0.05) is 40.5 Å². The highest BCUT2D eigenvalue weighted by molar-refractivity contribution is 7.99. The molecule has 3 rings (SSSR count). The molecule has 1 N–H and O–H groups in total. The summed E-state index contributed by atoms with van der Waals surface area (Å²) >= 11 is 7.95. The van der Waals surface area contributed by atoms with Gasteiger partial charge in [0.15, 0.2) is 0 Å². The molecular weight excluding hydrogens is 384 g/mol. The van der Waals surface area contributed by atoms with E-state index in [9.17, 15) is 4.79 Å². The van der Waals surface area contributed by atoms with Crippen molar-refractivity contribution in [3.8, 4) is 5.75 Å². The van der Waals surface area contributed by atoms with Gasteiger partial charge in [-0.3, -0.25) is 9.69 Å². The third kappa shape index (κ3) is 5.09. The average Bonchev–Trinajstić information content (AvgIpc) is 2.65. The second kappa shape index (κ2) is 8.87. The standard InChI is InChI=1S/C20H23ClN2O3S/c1-14-12-23(9-8-22(14)13-20(24)25)18-10-15(21)6-7-19(18)27-17-5-3-4-16(11-17)26-2/h3-7,10-11,14H,8-9,12-13H2,1-2H3,(H,24,25)/t14-/m1/s1. The van der Waals surface area contributed by atoms with E-state index in [1.165, 1.54) is 0 Å². The first-order chi connectivity index (χ1) is 13.0. The highest BCUT2D eigenvalue weighted by atomic mass is 35.5. The monoisotopic (exact) mass is 406 g/mol. The second-order valence-corrected chi connectivity index (χ2v) is 8.10. The molecule has 0 amide bonds. The van der Waals surface area contributed by atoms with Crippen LogP contribution in [0.15, 0.2) is 52.3 Å². The van der Waals surface area contributed by atoms with Crippen LogP contribution in [0.3, 0.4) is 0 Å². The summed E-state index contributed by atoms with van der Waals surface area (Å²) in [7, 11) is 1.66. The molecule has 0 bridgehead atoms. The van der Waals surface area contributed by atoms with E-state index in [1.807, 2.05) is 41.3 Å². The van der Waals surface area contributed by atoms with Crippen molar-refractivity contribution in [2.24, 2.45) is 0 Å². The number of carboxylic acid groups (broad SMARTS) is 1. The second-order valence-electron chi connectivity index (χ2n) is 6.55. The molecule has 27 heavy (non-hydrogen) atoms. The van der Waals surface area contributed by atoms with E-state index in [4.69, 9.17) is 21.4 Å². The van der Waals surface area contributed by atoms with Gasteiger partial charge >= 0.3 is 5.97 Å². The first-order valence-electron chi connectivity index (χ1n) is 8.78. The van der Waals surface area contributed by atoms with Gasteiger partial charge in [-0.05, 0) is 43.3 Å². The zero-order valence-corrected chi connectivity index (χ0v) is 17.0. The molecule has 1 atom stereocenters. The van der Waals surface area contributed by atoms with E-state index in [-0.39, 0.29) is 12.6 Å². The third-order valence-electron chi connectivity index (χ3n) is 4.63. The maximum absolute atomic E-state index is 11.0. The molecule has 5 nitrogen and oxygen atoms in total. The van der Waals surface area contributed by atoms with Crippen LogP contribution in [0.2, 0.25) is 5.02 Å². The highest BCUT2D eigenvalue weighted by Crippen LogP contribution is 2.38. The normalized spacial score (nSPS) is 17.7. The van der Waals surface area contributed by atoms with Crippen LogP contribution < -0.4 is 9.64 Å². The number of ether oxygens (including phenoxy) is 1. The highest BCUT2D eigenvalue weighted by Gasteiger charge is 2.26. The Labute approximate surface area is 168 Å². The van der Waals surface area contributed by atoms with Gasteiger partial charge < -0.3 is 14.7 Å². The van der Waals surface area contributed by atoms with Crippen molar-refractivity contribution >= 4 is 35.0 Å². The number of benzene rings is 2. The fourth-order valence-corrected chi connectivity index (χ4v) is 4.41. The van der Waals surface area contributed by atoms with Crippen molar-refractivity contribution in [2.45, 2.75) is 22.8 Å². The first kappa shape index (κ1) is 19.9. The Morgan fingerprint density at radius 3 is 2.81 bits per heavy atom. The predicted molar refractivity (Wildman–Crippen MR) is 109 cm³/mol. The number of carboxylic acids is 1. The average molecular weight is 407 g/mol. The van der Waals surface area contributed by atoms with E-state index in [2.05, 4.69) is 17.9 Å². The molecule has 1 heterocycles. The largest absolute Gasteiger partial charge is 0.497 e. The van der Waals surface area contributed by atoms with E-state index >= 15 is 0 Å². The van der Waals surface area contributed by atoms with Crippen LogP contribution in [-0.2, 0) is 4.79 Å². The van der Waals surface area contributed by atoms with E-state index in [0.29, 0.717) is 11.6 Å². The lowest BCUT2D eigenvalue weighted by atomic mass is 10.1. The van der Waals surface area contributed by atoms with E-state index < -0.39 is 5.97 Å². The Bertz CT molecular complexity index is 818. The van der Waals surface area contributed by atoms with Crippen LogP contribution in [-0.4, -0.2) is 55.3 Å². The minimum atomic E-state index is -0.785. The molecule has 144 valence electrons. The molecule has 1 fully saturated rings. The van der Waals surface area contributed by atoms with Crippen LogP contribution in [0.4, 0.5) is 5.69 Å². The molecule has 0 radical (unpaired) electrons. The van der Waals surface area contributed by atoms with Crippen molar-refractivity contribution in [1.29, 1.82) is 0 Å². The van der Waals surface area contributed by atoms with Crippen molar-refractivity contribution < 1.29 is 14.6 Å². The number of anilines is 1. The number of nitrogens with zero attached hydrogens (tertiary/aromatic N) is 2. The molecule has 0 saturated carbocycles. The van der Waals surface area contributed by atoms with E-state index in [0.717, 1.165) is 34.3 Å². The summed E-state index contributed by atoms with van der Waals surface area (Å²) in [5, 5.41) is 9.76. The molecule has 0 unspecified atom stereocenters. The number of carbonyl (C=O) groups is 1. The SMILES string of the molecule is COc1cccc(Sc2ccc(Cl)cc2N2CCN(CC(=O)O)[C@H](C)C2)c1. The number of hydrogen-bond donors (Lipinski definition) is 1. The molecule has 1 aliphatic rings. The molecule has 2 aromatic carbocycles. The van der Waals surface area contributed by atoms with Crippen molar-refractivity contribution in [1.82, 2.24) is 4.90 Å². The summed E-state index contributed by atoms with van der Waals surface area (Å²) in [6, 6.07) is 14.1. The fourth-order valence-electron chi connectivity index (χ4n) is 3.24. The third-order valence-corrected chi connectivity index (χ3v) is 5.92.